The van der Waals surface area contributed by atoms with Crippen molar-refractivity contribution in [2.45, 2.75) is 109 Å². The van der Waals surface area contributed by atoms with E-state index in [-0.39, 0.29) is 5.78 Å². The molecule has 0 saturated carbocycles. The van der Waals surface area contributed by atoms with Gasteiger partial charge in [-0.25, -0.2) is 4.98 Å². The topological polar surface area (TPSA) is 78.3 Å². The van der Waals surface area contributed by atoms with Crippen LogP contribution in [-0.2, 0) is 15.1 Å². The van der Waals surface area contributed by atoms with Gasteiger partial charge in [0.05, 0.1) is 16.8 Å². The Bertz CT molecular complexity index is 786. The van der Waals surface area contributed by atoms with Gasteiger partial charge in [0.25, 0.3) is 0 Å². The van der Waals surface area contributed by atoms with Gasteiger partial charge in [0.2, 0.25) is 0 Å². The van der Waals surface area contributed by atoms with Crippen molar-refractivity contribution in [2.75, 3.05) is 12.8 Å². The van der Waals surface area contributed by atoms with Gasteiger partial charge in [-0.15, -0.1) is 11.3 Å². The molecule has 0 fully saturated rings. The third kappa shape index (κ3) is 7.45. The lowest BCUT2D eigenvalue weighted by atomic mass is 9.88. The number of carbonyl (C=O) groups excluding carboxylic acids is 1. The summed E-state index contributed by atoms with van der Waals surface area (Å²) in [6.45, 7) is 4.16. The van der Waals surface area contributed by atoms with Crippen molar-refractivity contribution in [3.63, 3.8) is 0 Å². The van der Waals surface area contributed by atoms with E-state index in [0.29, 0.717) is 29.3 Å². The van der Waals surface area contributed by atoms with Crippen LogP contribution in [0.4, 0.5) is 5.69 Å². The molecule has 2 rings (SSSR count). The van der Waals surface area contributed by atoms with Crippen LogP contribution in [0, 0.1) is 0 Å². The Morgan fingerprint density at radius 1 is 1.03 bits per heavy atom. The van der Waals surface area contributed by atoms with Gasteiger partial charge in [-0.3, -0.25) is 4.79 Å². The van der Waals surface area contributed by atoms with Crippen molar-refractivity contribution in [1.29, 1.82) is 0 Å². The highest BCUT2D eigenvalue weighted by Gasteiger charge is 2.40. The van der Waals surface area contributed by atoms with E-state index in [9.17, 15) is 4.79 Å². The monoisotopic (exact) mass is 462 g/mol. The van der Waals surface area contributed by atoms with Crippen LogP contribution >= 0.6 is 11.3 Å². The normalized spacial score (nSPS) is 13.3. The van der Waals surface area contributed by atoms with E-state index in [1.165, 1.54) is 75.5 Å². The highest BCUT2D eigenvalue weighted by Crippen LogP contribution is 2.40. The lowest BCUT2D eigenvalue weighted by Crippen LogP contribution is -2.36. The predicted molar refractivity (Wildman–Crippen MR) is 134 cm³/mol. The lowest BCUT2D eigenvalue weighted by molar-refractivity contribution is -0.143. The Balaban J connectivity index is 1.81. The quantitative estimate of drug-likeness (QED) is 0.228. The zero-order chi connectivity index (χ0) is 23.2. The zero-order valence-corrected chi connectivity index (χ0v) is 21.1. The van der Waals surface area contributed by atoms with Crippen molar-refractivity contribution >= 4 is 22.8 Å². The first kappa shape index (κ1) is 26.6. The van der Waals surface area contributed by atoms with E-state index in [2.05, 4.69) is 11.9 Å². The molecule has 2 aromatic rings. The third-order valence-corrected chi connectivity index (χ3v) is 7.44. The highest BCUT2D eigenvalue weighted by molar-refractivity contribution is 7.15. The number of hydrogen-bond donors (Lipinski definition) is 1. The number of nitrogens with two attached hydrogens (primary N) is 1. The SMILES string of the molecule is CCCCCCCCCCCCCCC(OC)(C(=O)CC)c1cnc(-c2occc2N)s1. The van der Waals surface area contributed by atoms with Gasteiger partial charge in [0.1, 0.15) is 0 Å². The molecule has 0 aliphatic heterocycles. The van der Waals surface area contributed by atoms with Gasteiger partial charge < -0.3 is 14.9 Å². The van der Waals surface area contributed by atoms with Gasteiger partial charge in [0, 0.05) is 25.8 Å². The van der Waals surface area contributed by atoms with Crippen LogP contribution in [0.5, 0.6) is 0 Å². The number of thiazole rings is 1. The Labute approximate surface area is 198 Å². The molecule has 0 amide bonds. The fourth-order valence-electron chi connectivity index (χ4n) is 4.28. The number of carbonyl (C=O) groups is 1. The van der Waals surface area contributed by atoms with Gasteiger partial charge in [-0.2, -0.15) is 0 Å². The van der Waals surface area contributed by atoms with Crippen molar-refractivity contribution in [1.82, 2.24) is 4.98 Å². The Kier molecular flexibility index (Phi) is 12.0. The summed E-state index contributed by atoms with van der Waals surface area (Å²) in [5.41, 5.74) is 5.59. The minimum atomic E-state index is -0.926. The zero-order valence-electron chi connectivity index (χ0n) is 20.3. The Morgan fingerprint density at radius 2 is 1.62 bits per heavy atom. The van der Waals surface area contributed by atoms with Gasteiger partial charge in [0.15, 0.2) is 22.2 Å². The summed E-state index contributed by atoms with van der Waals surface area (Å²) >= 11 is 1.43. The standard InChI is InChI=1S/C26H42N2O3S/c1-4-6-7-8-9-10-11-12-13-14-15-16-18-26(30-3,22(29)5-2)23-20-28-25(32-23)24-21(27)17-19-31-24/h17,19-20H,4-16,18,27H2,1-3H3. The summed E-state index contributed by atoms with van der Waals surface area (Å²) in [7, 11) is 1.63. The Hall–Kier alpha value is -1.66. The second-order valence-electron chi connectivity index (χ2n) is 8.68. The van der Waals surface area contributed by atoms with Crippen LogP contribution in [0.2, 0.25) is 0 Å². The number of rotatable bonds is 18. The molecule has 0 aliphatic rings. The smallest absolute Gasteiger partial charge is 0.185 e. The fraction of sp³-hybridized carbons (Fsp3) is 0.692. The van der Waals surface area contributed by atoms with Crippen LogP contribution in [0.3, 0.4) is 0 Å². The van der Waals surface area contributed by atoms with Crippen molar-refractivity contribution in [3.8, 4) is 10.8 Å². The van der Waals surface area contributed by atoms with E-state index >= 15 is 0 Å². The molecule has 1 atom stereocenters. The summed E-state index contributed by atoms with van der Waals surface area (Å²) in [6.07, 6.45) is 19.9. The third-order valence-electron chi connectivity index (χ3n) is 6.30. The molecule has 0 aromatic carbocycles. The van der Waals surface area contributed by atoms with Crippen molar-refractivity contribution in [3.05, 3.63) is 23.4 Å². The number of methoxy groups -OCH3 is 1. The van der Waals surface area contributed by atoms with Gasteiger partial charge >= 0.3 is 0 Å². The number of furan rings is 1. The van der Waals surface area contributed by atoms with Crippen LogP contribution in [0.15, 0.2) is 22.9 Å². The van der Waals surface area contributed by atoms with Gasteiger partial charge in [-0.05, 0) is 12.8 Å². The molecule has 0 radical (unpaired) electrons. The molecule has 2 aromatic heterocycles. The maximum Gasteiger partial charge on any atom is 0.185 e. The summed E-state index contributed by atoms with van der Waals surface area (Å²) in [4.78, 5) is 18.3. The van der Waals surface area contributed by atoms with E-state index < -0.39 is 5.60 Å². The molecule has 180 valence electrons. The number of nitrogens with zero attached hydrogens (tertiary/aromatic N) is 1. The van der Waals surface area contributed by atoms with Crippen LogP contribution in [-0.4, -0.2) is 17.9 Å². The molecule has 0 saturated heterocycles. The van der Waals surface area contributed by atoms with E-state index in [1.54, 1.807) is 25.6 Å². The first-order chi connectivity index (χ1) is 15.6. The maximum absolute atomic E-state index is 13.0. The average molecular weight is 463 g/mol. The largest absolute Gasteiger partial charge is 0.460 e. The number of hydrogen-bond acceptors (Lipinski definition) is 6. The summed E-state index contributed by atoms with van der Waals surface area (Å²) in [6, 6.07) is 1.71. The second-order valence-corrected chi connectivity index (χ2v) is 9.71. The van der Waals surface area contributed by atoms with Gasteiger partial charge in [-0.1, -0.05) is 84.5 Å². The van der Waals surface area contributed by atoms with Crippen molar-refractivity contribution in [2.24, 2.45) is 0 Å². The van der Waals surface area contributed by atoms with Crippen LogP contribution in [0.25, 0.3) is 10.8 Å². The first-order valence-corrected chi connectivity index (χ1v) is 13.3. The predicted octanol–water partition coefficient (Wildman–Crippen LogP) is 7.90. The molecule has 2 heterocycles. The fourth-order valence-corrected chi connectivity index (χ4v) is 5.42. The molecule has 2 N–H and O–H groups in total. The second kappa shape index (κ2) is 14.5. The molecule has 0 bridgehead atoms. The summed E-state index contributed by atoms with van der Waals surface area (Å²) in [5, 5.41) is 0.683. The minimum Gasteiger partial charge on any atom is -0.460 e. The van der Waals surface area contributed by atoms with E-state index in [0.717, 1.165) is 17.7 Å². The maximum atomic E-state index is 13.0. The highest BCUT2D eigenvalue weighted by atomic mass is 32.1. The minimum absolute atomic E-state index is 0.102. The molecule has 0 aliphatic carbocycles. The Morgan fingerprint density at radius 3 is 2.12 bits per heavy atom. The number of anilines is 1. The van der Waals surface area contributed by atoms with Crippen LogP contribution in [0.1, 0.15) is 109 Å². The number of ether oxygens (including phenoxy) is 1. The molecule has 1 unspecified atom stereocenters. The number of unbranched alkanes of at least 4 members (excludes halogenated alkanes) is 11. The first-order valence-electron chi connectivity index (χ1n) is 12.5. The summed E-state index contributed by atoms with van der Waals surface area (Å²) < 4.78 is 11.4. The number of nitrogen functional groups attached to an aromatic ring is 1. The van der Waals surface area contributed by atoms with E-state index in [1.807, 2.05) is 6.92 Å². The molecule has 32 heavy (non-hydrogen) atoms. The van der Waals surface area contributed by atoms with E-state index in [4.69, 9.17) is 14.9 Å². The van der Waals surface area contributed by atoms with Crippen molar-refractivity contribution < 1.29 is 13.9 Å². The summed E-state index contributed by atoms with van der Waals surface area (Å²) in [5.74, 6) is 0.659. The number of Topliss-reactive ketones (excluding diaryl/α,β-unsaturated/α-hetero) is 1. The molecular weight excluding hydrogens is 420 g/mol. The number of ketones is 1. The number of aromatic nitrogens is 1. The molecule has 5 nitrogen and oxygen atoms in total. The average Bonchev–Trinajstić information content (AvgIpc) is 3.46. The van der Waals surface area contributed by atoms with Crippen LogP contribution < -0.4 is 5.73 Å². The molecule has 0 spiro atoms. The molecule has 6 heteroatoms. The molecular formula is C26H42N2O3S. The lowest BCUT2D eigenvalue weighted by Gasteiger charge is -2.29.